The third-order valence-electron chi connectivity index (χ3n) is 3.30. The molecule has 0 saturated heterocycles. The van der Waals surface area contributed by atoms with Gasteiger partial charge in [0, 0.05) is 35.0 Å². The Kier molecular flexibility index (Phi) is 5.28. The van der Waals surface area contributed by atoms with Gasteiger partial charge in [-0.05, 0) is 36.8 Å². The first-order valence-electron chi connectivity index (χ1n) is 7.15. The predicted molar refractivity (Wildman–Crippen MR) is 97.1 cm³/mol. The lowest BCUT2D eigenvalue weighted by molar-refractivity contribution is 0.690. The van der Waals surface area contributed by atoms with Crippen LogP contribution in [0.25, 0.3) is 10.6 Å². The average molecular weight is 364 g/mol. The zero-order valence-corrected chi connectivity index (χ0v) is 14.8. The number of aryl methyl sites for hydroxylation is 1. The number of nitrogens with zero attached hydrogens (tertiary/aromatic N) is 2. The standard InChI is InChI=1S/C17H15Cl2N3S/c1-11-3-2-4-15(22-11)16-9-21-17(23-16)10-20-8-12-5-6-13(18)7-14(12)19/h2-7,9,20H,8,10H2,1H3. The van der Waals surface area contributed by atoms with Crippen LogP contribution in [0.2, 0.25) is 10.0 Å². The summed E-state index contributed by atoms with van der Waals surface area (Å²) >= 11 is 13.7. The first kappa shape index (κ1) is 16.4. The number of hydrogen-bond donors (Lipinski definition) is 1. The maximum atomic E-state index is 6.16. The largest absolute Gasteiger partial charge is 0.306 e. The predicted octanol–water partition coefficient (Wildman–Crippen LogP) is 5.11. The molecule has 0 saturated carbocycles. The molecule has 6 heteroatoms. The minimum absolute atomic E-state index is 0.647. The summed E-state index contributed by atoms with van der Waals surface area (Å²) in [5.41, 5.74) is 3.00. The molecule has 2 heterocycles. The van der Waals surface area contributed by atoms with Gasteiger partial charge >= 0.3 is 0 Å². The fourth-order valence-electron chi connectivity index (χ4n) is 2.16. The van der Waals surface area contributed by atoms with Crippen molar-refractivity contribution in [2.75, 3.05) is 0 Å². The van der Waals surface area contributed by atoms with Crippen LogP contribution in [0.15, 0.2) is 42.6 Å². The second-order valence-electron chi connectivity index (χ2n) is 5.12. The van der Waals surface area contributed by atoms with Gasteiger partial charge in [-0.15, -0.1) is 11.3 Å². The van der Waals surface area contributed by atoms with Crippen molar-refractivity contribution in [1.29, 1.82) is 0 Å². The third kappa shape index (κ3) is 4.30. The molecular weight excluding hydrogens is 349 g/mol. The lowest BCUT2D eigenvalue weighted by atomic mass is 10.2. The molecule has 2 aromatic heterocycles. The normalized spacial score (nSPS) is 10.9. The summed E-state index contributed by atoms with van der Waals surface area (Å²) in [5.74, 6) is 0. The zero-order chi connectivity index (χ0) is 16.2. The smallest absolute Gasteiger partial charge is 0.107 e. The van der Waals surface area contributed by atoms with Crippen LogP contribution in [0.1, 0.15) is 16.3 Å². The van der Waals surface area contributed by atoms with Gasteiger partial charge in [0.25, 0.3) is 0 Å². The minimum atomic E-state index is 0.647. The molecule has 0 radical (unpaired) electrons. The second-order valence-corrected chi connectivity index (χ2v) is 7.08. The van der Waals surface area contributed by atoms with Gasteiger partial charge in [0.1, 0.15) is 5.01 Å². The topological polar surface area (TPSA) is 37.8 Å². The fraction of sp³-hybridized carbons (Fsp3) is 0.176. The number of aromatic nitrogens is 2. The molecule has 1 N–H and O–H groups in total. The molecule has 0 atom stereocenters. The number of hydrogen-bond acceptors (Lipinski definition) is 4. The minimum Gasteiger partial charge on any atom is -0.306 e. The molecule has 0 bridgehead atoms. The summed E-state index contributed by atoms with van der Waals surface area (Å²) in [7, 11) is 0. The van der Waals surface area contributed by atoms with E-state index < -0.39 is 0 Å². The van der Waals surface area contributed by atoms with Crippen LogP contribution >= 0.6 is 34.5 Å². The van der Waals surface area contributed by atoms with Crippen molar-refractivity contribution >= 4 is 34.5 Å². The molecule has 0 amide bonds. The molecule has 0 unspecified atom stereocenters. The van der Waals surface area contributed by atoms with Crippen molar-refractivity contribution in [1.82, 2.24) is 15.3 Å². The second kappa shape index (κ2) is 7.41. The van der Waals surface area contributed by atoms with Crippen LogP contribution in [0.4, 0.5) is 0 Å². The van der Waals surface area contributed by atoms with Gasteiger partial charge < -0.3 is 5.32 Å². The summed E-state index contributed by atoms with van der Waals surface area (Å²) in [4.78, 5) is 10.1. The van der Waals surface area contributed by atoms with E-state index in [9.17, 15) is 0 Å². The van der Waals surface area contributed by atoms with Crippen molar-refractivity contribution < 1.29 is 0 Å². The lowest BCUT2D eigenvalue weighted by Gasteiger charge is -2.05. The van der Waals surface area contributed by atoms with Crippen LogP contribution in [-0.4, -0.2) is 9.97 Å². The Morgan fingerprint density at radius 2 is 2.00 bits per heavy atom. The molecule has 0 aliphatic heterocycles. The monoisotopic (exact) mass is 363 g/mol. The maximum absolute atomic E-state index is 6.16. The first-order valence-corrected chi connectivity index (χ1v) is 8.72. The van der Waals surface area contributed by atoms with Gasteiger partial charge in [-0.2, -0.15) is 0 Å². The van der Waals surface area contributed by atoms with Gasteiger partial charge in [0.05, 0.1) is 10.6 Å². The van der Waals surface area contributed by atoms with E-state index in [0.717, 1.165) is 26.8 Å². The summed E-state index contributed by atoms with van der Waals surface area (Å²) in [5, 5.41) is 5.70. The Bertz CT molecular complexity index is 817. The number of benzene rings is 1. The highest BCUT2D eigenvalue weighted by Crippen LogP contribution is 2.25. The fourth-order valence-corrected chi connectivity index (χ4v) is 3.49. The summed E-state index contributed by atoms with van der Waals surface area (Å²) < 4.78 is 0. The van der Waals surface area contributed by atoms with Crippen LogP contribution in [-0.2, 0) is 13.1 Å². The summed E-state index contributed by atoms with van der Waals surface area (Å²) in [6.45, 7) is 3.35. The van der Waals surface area contributed by atoms with Crippen molar-refractivity contribution in [3.05, 3.63) is 68.9 Å². The number of thiazole rings is 1. The Morgan fingerprint density at radius 1 is 1.13 bits per heavy atom. The van der Waals surface area contributed by atoms with Crippen molar-refractivity contribution in [2.24, 2.45) is 0 Å². The van der Waals surface area contributed by atoms with E-state index in [2.05, 4.69) is 15.3 Å². The van der Waals surface area contributed by atoms with Crippen molar-refractivity contribution in [3.8, 4) is 10.6 Å². The molecule has 3 rings (SSSR count). The van der Waals surface area contributed by atoms with Crippen LogP contribution in [0, 0.1) is 6.92 Å². The molecule has 3 nitrogen and oxygen atoms in total. The molecule has 118 valence electrons. The van der Waals surface area contributed by atoms with E-state index in [4.69, 9.17) is 23.2 Å². The Morgan fingerprint density at radius 3 is 2.78 bits per heavy atom. The van der Waals surface area contributed by atoms with E-state index in [1.54, 1.807) is 17.4 Å². The number of halogens is 2. The first-order chi connectivity index (χ1) is 11.1. The quantitative estimate of drug-likeness (QED) is 0.684. The highest BCUT2D eigenvalue weighted by Gasteiger charge is 2.06. The summed E-state index contributed by atoms with van der Waals surface area (Å²) in [6.07, 6.45) is 1.87. The molecule has 1 aromatic carbocycles. The van der Waals surface area contributed by atoms with E-state index >= 15 is 0 Å². The molecule has 3 aromatic rings. The highest BCUT2D eigenvalue weighted by molar-refractivity contribution is 7.15. The SMILES string of the molecule is Cc1cccc(-c2cnc(CNCc3ccc(Cl)cc3Cl)s2)n1. The molecular formula is C17H15Cl2N3S. The molecule has 0 fully saturated rings. The van der Waals surface area contributed by atoms with E-state index in [0.29, 0.717) is 23.1 Å². The highest BCUT2D eigenvalue weighted by atomic mass is 35.5. The Balaban J connectivity index is 1.61. The van der Waals surface area contributed by atoms with E-state index in [-0.39, 0.29) is 0 Å². The number of rotatable bonds is 5. The lowest BCUT2D eigenvalue weighted by Crippen LogP contribution is -2.12. The Hall–Kier alpha value is -1.46. The van der Waals surface area contributed by atoms with Gasteiger partial charge in [-0.25, -0.2) is 4.98 Å². The number of pyridine rings is 1. The Labute approximate surface area is 149 Å². The maximum Gasteiger partial charge on any atom is 0.107 e. The van der Waals surface area contributed by atoms with Crippen LogP contribution in [0.5, 0.6) is 0 Å². The van der Waals surface area contributed by atoms with Gasteiger partial charge in [0.15, 0.2) is 0 Å². The van der Waals surface area contributed by atoms with Gasteiger partial charge in [-0.1, -0.05) is 35.3 Å². The molecule has 0 aliphatic rings. The van der Waals surface area contributed by atoms with Crippen molar-refractivity contribution in [2.45, 2.75) is 20.0 Å². The van der Waals surface area contributed by atoms with Crippen molar-refractivity contribution in [3.63, 3.8) is 0 Å². The zero-order valence-electron chi connectivity index (χ0n) is 12.5. The number of nitrogens with one attached hydrogen (secondary N) is 1. The van der Waals surface area contributed by atoms with E-state index in [1.807, 2.05) is 43.5 Å². The van der Waals surface area contributed by atoms with Gasteiger partial charge in [0.2, 0.25) is 0 Å². The molecule has 23 heavy (non-hydrogen) atoms. The molecule has 0 spiro atoms. The van der Waals surface area contributed by atoms with E-state index in [1.165, 1.54) is 0 Å². The third-order valence-corrected chi connectivity index (χ3v) is 4.91. The van der Waals surface area contributed by atoms with Crippen LogP contribution < -0.4 is 5.32 Å². The molecule has 0 aliphatic carbocycles. The summed E-state index contributed by atoms with van der Waals surface area (Å²) in [6, 6.07) is 11.5. The van der Waals surface area contributed by atoms with Crippen LogP contribution in [0.3, 0.4) is 0 Å². The average Bonchev–Trinajstić information content (AvgIpc) is 2.98. The van der Waals surface area contributed by atoms with Gasteiger partial charge in [-0.3, -0.25) is 4.98 Å².